The lowest BCUT2D eigenvalue weighted by Gasteiger charge is -2.32. The lowest BCUT2D eigenvalue weighted by Crippen LogP contribution is -2.20. The maximum Gasteiger partial charge on any atom is -0.0143 e. The van der Waals surface area contributed by atoms with Gasteiger partial charge in [0.25, 0.3) is 0 Å². The molecular formula is C24H36. The minimum absolute atomic E-state index is 0.614. The van der Waals surface area contributed by atoms with Gasteiger partial charge in [0.05, 0.1) is 0 Å². The van der Waals surface area contributed by atoms with Crippen molar-refractivity contribution in [3.05, 3.63) is 60.2 Å². The van der Waals surface area contributed by atoms with Crippen LogP contribution < -0.4 is 0 Å². The Hall–Kier alpha value is -1.30. The van der Waals surface area contributed by atoms with E-state index in [-0.39, 0.29) is 0 Å². The molecule has 0 heterocycles. The van der Waals surface area contributed by atoms with E-state index < -0.39 is 0 Å². The van der Waals surface area contributed by atoms with Crippen LogP contribution in [0.25, 0.3) is 0 Å². The molecule has 0 N–H and O–H groups in total. The van der Waals surface area contributed by atoms with Gasteiger partial charge in [-0.3, -0.25) is 0 Å². The third-order valence-corrected chi connectivity index (χ3v) is 5.53. The fraction of sp³-hybridized carbons (Fsp3) is 0.583. The van der Waals surface area contributed by atoms with Gasteiger partial charge in [-0.05, 0) is 55.4 Å². The van der Waals surface area contributed by atoms with Crippen LogP contribution in [0, 0.1) is 17.8 Å². The summed E-state index contributed by atoms with van der Waals surface area (Å²) in [7, 11) is 0. The number of unbranched alkanes of at least 4 members (excludes halogenated alkanes) is 3. The molecule has 0 heteroatoms. The lowest BCUT2D eigenvalue weighted by molar-refractivity contribution is 0.333. The average molecular weight is 325 g/mol. The molecule has 0 nitrogen and oxygen atoms in total. The third-order valence-electron chi connectivity index (χ3n) is 5.53. The third kappa shape index (κ3) is 6.30. The predicted molar refractivity (Wildman–Crippen MR) is 107 cm³/mol. The van der Waals surface area contributed by atoms with Crippen LogP contribution in [0.15, 0.2) is 54.6 Å². The predicted octanol–water partition coefficient (Wildman–Crippen LogP) is 7.36. The van der Waals surface area contributed by atoms with Gasteiger partial charge in [-0.25, -0.2) is 0 Å². The van der Waals surface area contributed by atoms with Crippen LogP contribution in [0.1, 0.15) is 70.8 Å². The van der Waals surface area contributed by atoms with Crippen LogP contribution in [0.4, 0.5) is 0 Å². The van der Waals surface area contributed by atoms with Gasteiger partial charge in [0.2, 0.25) is 0 Å². The Labute approximate surface area is 150 Å². The summed E-state index contributed by atoms with van der Waals surface area (Å²) in [6.45, 7) is 9.04. The highest BCUT2D eigenvalue weighted by Crippen LogP contribution is 2.38. The van der Waals surface area contributed by atoms with E-state index in [0.717, 1.165) is 18.3 Å². The van der Waals surface area contributed by atoms with E-state index in [2.05, 4.69) is 62.9 Å². The second-order valence-corrected chi connectivity index (χ2v) is 7.72. The van der Waals surface area contributed by atoms with Crippen LogP contribution in [-0.4, -0.2) is 0 Å². The Morgan fingerprint density at radius 2 is 1.96 bits per heavy atom. The molecule has 1 aliphatic rings. The van der Waals surface area contributed by atoms with Crippen LogP contribution >= 0.6 is 0 Å². The van der Waals surface area contributed by atoms with Crippen LogP contribution in [0.2, 0.25) is 0 Å². The molecule has 0 amide bonds. The first-order valence-corrected chi connectivity index (χ1v) is 10.1. The first kappa shape index (κ1) is 19.0. The summed E-state index contributed by atoms with van der Waals surface area (Å²) in [5, 5.41) is 0. The zero-order valence-corrected chi connectivity index (χ0v) is 15.8. The fourth-order valence-corrected chi connectivity index (χ4v) is 4.08. The van der Waals surface area contributed by atoms with Gasteiger partial charge in [0.1, 0.15) is 0 Å². The van der Waals surface area contributed by atoms with E-state index in [0.29, 0.717) is 5.92 Å². The smallest absolute Gasteiger partial charge is 0.0143 e. The van der Waals surface area contributed by atoms with Gasteiger partial charge >= 0.3 is 0 Å². The number of benzene rings is 1. The molecule has 1 aliphatic carbocycles. The van der Waals surface area contributed by atoms with E-state index in [4.69, 9.17) is 0 Å². The van der Waals surface area contributed by atoms with Gasteiger partial charge in [-0.2, -0.15) is 0 Å². The molecule has 0 spiro atoms. The van der Waals surface area contributed by atoms with Gasteiger partial charge in [-0.1, -0.05) is 94.2 Å². The van der Waals surface area contributed by atoms with Crippen molar-refractivity contribution in [1.29, 1.82) is 0 Å². The van der Waals surface area contributed by atoms with Crippen molar-refractivity contribution < 1.29 is 0 Å². The Morgan fingerprint density at radius 1 is 1.17 bits per heavy atom. The van der Waals surface area contributed by atoms with Crippen LogP contribution in [0.3, 0.4) is 0 Å². The van der Waals surface area contributed by atoms with Crippen molar-refractivity contribution in [3.63, 3.8) is 0 Å². The molecule has 1 saturated carbocycles. The molecule has 2 rings (SSSR count). The summed E-state index contributed by atoms with van der Waals surface area (Å²) < 4.78 is 0. The summed E-state index contributed by atoms with van der Waals surface area (Å²) in [4.78, 5) is 0. The monoisotopic (exact) mass is 324 g/mol. The number of rotatable bonds is 9. The van der Waals surface area contributed by atoms with E-state index in [1.807, 2.05) is 0 Å². The van der Waals surface area contributed by atoms with E-state index >= 15 is 0 Å². The molecule has 1 aromatic carbocycles. The second-order valence-electron chi connectivity index (χ2n) is 7.72. The molecule has 0 bridgehead atoms. The zero-order valence-electron chi connectivity index (χ0n) is 15.8. The number of hydrogen-bond donors (Lipinski definition) is 0. The van der Waals surface area contributed by atoms with Crippen LogP contribution in [-0.2, 0) is 6.42 Å². The molecule has 3 unspecified atom stereocenters. The van der Waals surface area contributed by atoms with Gasteiger partial charge in [0.15, 0.2) is 0 Å². The molecule has 3 atom stereocenters. The van der Waals surface area contributed by atoms with Crippen molar-refractivity contribution in [3.8, 4) is 0 Å². The quantitative estimate of drug-likeness (QED) is 0.329. The molecule has 0 radical (unpaired) electrons. The van der Waals surface area contributed by atoms with Gasteiger partial charge in [-0.15, -0.1) is 0 Å². The lowest BCUT2D eigenvalue weighted by atomic mass is 9.73. The Kier molecular flexibility index (Phi) is 8.36. The van der Waals surface area contributed by atoms with Crippen molar-refractivity contribution >= 4 is 0 Å². The first-order valence-electron chi connectivity index (χ1n) is 10.1. The Bertz CT molecular complexity index is 496. The maximum absolute atomic E-state index is 4.41. The molecule has 0 aromatic heterocycles. The van der Waals surface area contributed by atoms with E-state index in [9.17, 15) is 0 Å². The highest BCUT2D eigenvalue weighted by atomic mass is 14.3. The summed E-state index contributed by atoms with van der Waals surface area (Å²) in [6, 6.07) is 10.9. The highest BCUT2D eigenvalue weighted by molar-refractivity contribution is 5.17. The van der Waals surface area contributed by atoms with Crippen LogP contribution in [0.5, 0.6) is 0 Å². The SMILES string of the molecule is C=C1CCCC(/C=C/C(C)Cc2ccccc2)C1CCCCCC. The largest absolute Gasteiger partial charge is 0.0996 e. The number of allylic oxidation sites excluding steroid dienone is 3. The minimum atomic E-state index is 0.614. The van der Waals surface area contributed by atoms with Crippen molar-refractivity contribution in [2.45, 2.75) is 71.6 Å². The standard InChI is InChI=1S/C24H36/c1-4-5-6-10-16-24-21(3)12-11-15-23(24)18-17-20(2)19-22-13-8-7-9-14-22/h7-9,13-14,17-18,20,23-24H,3-6,10-12,15-16,19H2,1-2H3/b18-17+. The summed E-state index contributed by atoms with van der Waals surface area (Å²) in [5.41, 5.74) is 2.96. The van der Waals surface area contributed by atoms with Crippen molar-refractivity contribution in [1.82, 2.24) is 0 Å². The topological polar surface area (TPSA) is 0 Å². The van der Waals surface area contributed by atoms with E-state index in [1.54, 1.807) is 0 Å². The zero-order chi connectivity index (χ0) is 17.2. The molecule has 132 valence electrons. The minimum Gasteiger partial charge on any atom is -0.0996 e. The molecule has 1 aromatic rings. The van der Waals surface area contributed by atoms with Crippen molar-refractivity contribution in [2.24, 2.45) is 17.8 Å². The van der Waals surface area contributed by atoms with E-state index in [1.165, 1.54) is 62.5 Å². The van der Waals surface area contributed by atoms with Crippen molar-refractivity contribution in [2.75, 3.05) is 0 Å². The molecule has 0 aliphatic heterocycles. The first-order chi connectivity index (χ1) is 11.7. The average Bonchev–Trinajstić information content (AvgIpc) is 2.59. The van der Waals surface area contributed by atoms with Gasteiger partial charge < -0.3 is 0 Å². The molecule has 24 heavy (non-hydrogen) atoms. The molecule has 0 saturated heterocycles. The fourth-order valence-electron chi connectivity index (χ4n) is 4.08. The summed E-state index contributed by atoms with van der Waals surface area (Å²) in [5.74, 6) is 2.07. The Balaban J connectivity index is 1.87. The highest BCUT2D eigenvalue weighted by Gasteiger charge is 2.25. The Morgan fingerprint density at radius 3 is 2.71 bits per heavy atom. The molecular weight excluding hydrogens is 288 g/mol. The normalized spacial score (nSPS) is 22.8. The summed E-state index contributed by atoms with van der Waals surface area (Å²) in [6.07, 6.45) is 16.9. The summed E-state index contributed by atoms with van der Waals surface area (Å²) >= 11 is 0. The number of hydrogen-bond acceptors (Lipinski definition) is 0. The van der Waals surface area contributed by atoms with Gasteiger partial charge in [0, 0.05) is 0 Å². The second kappa shape index (κ2) is 10.5. The molecule has 1 fully saturated rings. The maximum atomic E-state index is 4.41.